The number of benzene rings is 2. The molecule has 110 valence electrons. The van der Waals surface area contributed by atoms with Crippen molar-refractivity contribution < 1.29 is 9.18 Å². The van der Waals surface area contributed by atoms with Gasteiger partial charge in [-0.05, 0) is 42.2 Å². The predicted octanol–water partition coefficient (Wildman–Crippen LogP) is 3.16. The summed E-state index contributed by atoms with van der Waals surface area (Å²) in [7, 11) is 0. The SMILES string of the molecule is Cc1ccccc1CCC(=O)Nc1ccc(CN)cc1F. The third kappa shape index (κ3) is 4.13. The summed E-state index contributed by atoms with van der Waals surface area (Å²) in [4.78, 5) is 11.9. The van der Waals surface area contributed by atoms with Gasteiger partial charge in [-0.3, -0.25) is 4.79 Å². The summed E-state index contributed by atoms with van der Waals surface area (Å²) in [6.45, 7) is 2.29. The Morgan fingerprint density at radius 1 is 1.24 bits per heavy atom. The van der Waals surface area contributed by atoms with E-state index in [0.29, 0.717) is 18.4 Å². The second-order valence-electron chi connectivity index (χ2n) is 4.99. The van der Waals surface area contributed by atoms with Crippen LogP contribution in [0.1, 0.15) is 23.1 Å². The quantitative estimate of drug-likeness (QED) is 0.887. The van der Waals surface area contributed by atoms with Crippen LogP contribution in [0.25, 0.3) is 0 Å². The van der Waals surface area contributed by atoms with Gasteiger partial charge < -0.3 is 11.1 Å². The number of carbonyl (C=O) groups excluding carboxylic acids is 1. The van der Waals surface area contributed by atoms with Gasteiger partial charge in [0.25, 0.3) is 0 Å². The Bertz CT molecular complexity index is 640. The Morgan fingerprint density at radius 2 is 2.00 bits per heavy atom. The van der Waals surface area contributed by atoms with Crippen LogP contribution in [0.3, 0.4) is 0 Å². The van der Waals surface area contributed by atoms with Gasteiger partial charge >= 0.3 is 0 Å². The molecule has 0 radical (unpaired) electrons. The van der Waals surface area contributed by atoms with Crippen LogP contribution in [-0.4, -0.2) is 5.91 Å². The van der Waals surface area contributed by atoms with E-state index in [9.17, 15) is 9.18 Å². The summed E-state index contributed by atoms with van der Waals surface area (Å²) in [5.74, 6) is -0.653. The molecule has 0 atom stereocenters. The predicted molar refractivity (Wildman–Crippen MR) is 82.4 cm³/mol. The number of hydrogen-bond acceptors (Lipinski definition) is 2. The molecule has 2 aromatic carbocycles. The van der Waals surface area contributed by atoms with Gasteiger partial charge in [-0.25, -0.2) is 4.39 Å². The molecule has 0 saturated carbocycles. The lowest BCUT2D eigenvalue weighted by atomic mass is 10.0. The molecule has 2 aromatic rings. The summed E-state index contributed by atoms with van der Waals surface area (Å²) in [6.07, 6.45) is 0.962. The first-order valence-corrected chi connectivity index (χ1v) is 6.93. The van der Waals surface area contributed by atoms with Gasteiger partial charge in [-0.15, -0.1) is 0 Å². The Kier molecular flexibility index (Phi) is 5.06. The highest BCUT2D eigenvalue weighted by Crippen LogP contribution is 2.16. The summed E-state index contributed by atoms with van der Waals surface area (Å²) in [5.41, 5.74) is 8.63. The maximum Gasteiger partial charge on any atom is 0.224 e. The van der Waals surface area contributed by atoms with E-state index in [1.54, 1.807) is 12.1 Å². The standard InChI is InChI=1S/C17H19FN2O/c1-12-4-2-3-5-14(12)7-9-17(21)20-16-8-6-13(11-19)10-15(16)18/h2-6,8,10H,7,9,11,19H2,1H3,(H,20,21). The topological polar surface area (TPSA) is 55.1 Å². The van der Waals surface area contributed by atoms with Crippen molar-refractivity contribution in [3.05, 3.63) is 65.0 Å². The molecule has 0 unspecified atom stereocenters. The van der Waals surface area contributed by atoms with Crippen molar-refractivity contribution in [3.63, 3.8) is 0 Å². The number of carbonyl (C=O) groups is 1. The molecule has 0 aliphatic heterocycles. The van der Waals surface area contributed by atoms with Crippen molar-refractivity contribution >= 4 is 11.6 Å². The number of rotatable bonds is 5. The number of nitrogens with two attached hydrogens (primary N) is 1. The average molecular weight is 286 g/mol. The van der Waals surface area contributed by atoms with Crippen LogP contribution in [-0.2, 0) is 17.8 Å². The first-order chi connectivity index (χ1) is 10.1. The van der Waals surface area contributed by atoms with Crippen LogP contribution in [0.4, 0.5) is 10.1 Å². The molecule has 21 heavy (non-hydrogen) atoms. The second-order valence-corrected chi connectivity index (χ2v) is 4.99. The van der Waals surface area contributed by atoms with Crippen molar-refractivity contribution in [2.45, 2.75) is 26.3 Å². The largest absolute Gasteiger partial charge is 0.326 e. The van der Waals surface area contributed by atoms with Crippen LogP contribution >= 0.6 is 0 Å². The molecular weight excluding hydrogens is 267 g/mol. The van der Waals surface area contributed by atoms with Gasteiger partial charge in [0.05, 0.1) is 5.69 Å². The molecule has 3 nitrogen and oxygen atoms in total. The number of halogens is 1. The van der Waals surface area contributed by atoms with E-state index in [4.69, 9.17) is 5.73 Å². The molecule has 1 amide bonds. The van der Waals surface area contributed by atoms with Crippen molar-refractivity contribution in [2.75, 3.05) is 5.32 Å². The van der Waals surface area contributed by atoms with Gasteiger partial charge in [-0.2, -0.15) is 0 Å². The lowest BCUT2D eigenvalue weighted by Gasteiger charge is -2.08. The normalized spacial score (nSPS) is 10.4. The van der Waals surface area contributed by atoms with Crippen molar-refractivity contribution in [1.29, 1.82) is 0 Å². The fourth-order valence-corrected chi connectivity index (χ4v) is 2.14. The van der Waals surface area contributed by atoms with Crippen LogP contribution in [0, 0.1) is 12.7 Å². The van der Waals surface area contributed by atoms with Crippen LogP contribution in [0.5, 0.6) is 0 Å². The van der Waals surface area contributed by atoms with E-state index < -0.39 is 5.82 Å². The first-order valence-electron chi connectivity index (χ1n) is 6.93. The van der Waals surface area contributed by atoms with E-state index >= 15 is 0 Å². The first kappa shape index (κ1) is 15.2. The molecule has 0 aliphatic carbocycles. The molecule has 0 saturated heterocycles. The lowest BCUT2D eigenvalue weighted by Crippen LogP contribution is -2.14. The highest BCUT2D eigenvalue weighted by atomic mass is 19.1. The molecule has 4 heteroatoms. The van der Waals surface area contributed by atoms with E-state index in [1.807, 2.05) is 31.2 Å². The molecular formula is C17H19FN2O. The van der Waals surface area contributed by atoms with Crippen LogP contribution in [0.15, 0.2) is 42.5 Å². The smallest absolute Gasteiger partial charge is 0.224 e. The third-order valence-corrected chi connectivity index (χ3v) is 3.43. The maximum atomic E-state index is 13.8. The number of anilines is 1. The Morgan fingerprint density at radius 3 is 2.67 bits per heavy atom. The fourth-order valence-electron chi connectivity index (χ4n) is 2.14. The second kappa shape index (κ2) is 6.99. The minimum atomic E-state index is -0.456. The van der Waals surface area contributed by atoms with E-state index in [0.717, 1.165) is 11.1 Å². The van der Waals surface area contributed by atoms with Gasteiger partial charge in [0.1, 0.15) is 5.82 Å². The maximum absolute atomic E-state index is 13.8. The highest BCUT2D eigenvalue weighted by Gasteiger charge is 2.08. The minimum Gasteiger partial charge on any atom is -0.326 e. The number of nitrogens with one attached hydrogen (secondary N) is 1. The number of amides is 1. The fraction of sp³-hybridized carbons (Fsp3) is 0.235. The summed E-state index contributed by atoms with van der Waals surface area (Å²) >= 11 is 0. The van der Waals surface area contributed by atoms with E-state index in [2.05, 4.69) is 5.32 Å². The minimum absolute atomic E-state index is 0.196. The molecule has 0 aliphatic rings. The molecule has 0 spiro atoms. The summed E-state index contributed by atoms with van der Waals surface area (Å²) in [5, 5.41) is 2.60. The van der Waals surface area contributed by atoms with Gasteiger partial charge in [0, 0.05) is 13.0 Å². The number of aryl methyl sites for hydroxylation is 2. The number of hydrogen-bond donors (Lipinski definition) is 2. The van der Waals surface area contributed by atoms with Gasteiger partial charge in [0.2, 0.25) is 5.91 Å². The Balaban J connectivity index is 1.95. The van der Waals surface area contributed by atoms with E-state index in [1.165, 1.54) is 6.07 Å². The van der Waals surface area contributed by atoms with Crippen LogP contribution in [0.2, 0.25) is 0 Å². The average Bonchev–Trinajstić information content (AvgIpc) is 2.48. The summed E-state index contributed by atoms with van der Waals surface area (Å²) < 4.78 is 13.8. The zero-order valence-electron chi connectivity index (χ0n) is 12.0. The molecule has 0 bridgehead atoms. The lowest BCUT2D eigenvalue weighted by molar-refractivity contribution is -0.116. The molecule has 0 fully saturated rings. The Hall–Kier alpha value is -2.20. The molecule has 2 rings (SSSR count). The van der Waals surface area contributed by atoms with Gasteiger partial charge in [0.15, 0.2) is 0 Å². The Labute approximate surface area is 124 Å². The van der Waals surface area contributed by atoms with E-state index in [-0.39, 0.29) is 18.1 Å². The van der Waals surface area contributed by atoms with Gasteiger partial charge in [-0.1, -0.05) is 30.3 Å². The molecule has 3 N–H and O–H groups in total. The monoisotopic (exact) mass is 286 g/mol. The third-order valence-electron chi connectivity index (χ3n) is 3.43. The van der Waals surface area contributed by atoms with Crippen molar-refractivity contribution in [1.82, 2.24) is 0 Å². The molecule has 0 heterocycles. The zero-order chi connectivity index (χ0) is 15.2. The molecule has 0 aromatic heterocycles. The summed E-state index contributed by atoms with van der Waals surface area (Å²) in [6, 6.07) is 12.5. The highest BCUT2D eigenvalue weighted by molar-refractivity contribution is 5.91. The van der Waals surface area contributed by atoms with Crippen LogP contribution < -0.4 is 11.1 Å². The van der Waals surface area contributed by atoms with Crippen molar-refractivity contribution in [3.8, 4) is 0 Å². The zero-order valence-corrected chi connectivity index (χ0v) is 12.0. The van der Waals surface area contributed by atoms with Crippen molar-refractivity contribution in [2.24, 2.45) is 5.73 Å².